The SMILES string of the molecule is Cc1cccc(N2CCN(CCc3nc(C(C)C)no3)CC2)c1. The summed E-state index contributed by atoms with van der Waals surface area (Å²) in [7, 11) is 0. The minimum absolute atomic E-state index is 0.324. The van der Waals surface area contributed by atoms with E-state index in [4.69, 9.17) is 4.52 Å². The van der Waals surface area contributed by atoms with Gasteiger partial charge in [0.2, 0.25) is 5.89 Å². The second-order valence-electron chi connectivity index (χ2n) is 6.62. The van der Waals surface area contributed by atoms with E-state index in [1.165, 1.54) is 11.3 Å². The molecule has 2 heterocycles. The van der Waals surface area contributed by atoms with Crippen molar-refractivity contribution in [3.05, 3.63) is 41.5 Å². The number of hydrogen-bond acceptors (Lipinski definition) is 5. The van der Waals surface area contributed by atoms with Gasteiger partial charge in [0.25, 0.3) is 0 Å². The van der Waals surface area contributed by atoms with Crippen molar-refractivity contribution in [1.29, 1.82) is 0 Å². The summed E-state index contributed by atoms with van der Waals surface area (Å²) in [5.41, 5.74) is 2.66. The number of piperazine rings is 1. The summed E-state index contributed by atoms with van der Waals surface area (Å²) in [5.74, 6) is 1.89. The highest BCUT2D eigenvalue weighted by Gasteiger charge is 2.18. The lowest BCUT2D eigenvalue weighted by Crippen LogP contribution is -2.47. The first kappa shape index (κ1) is 16.0. The van der Waals surface area contributed by atoms with Crippen molar-refractivity contribution >= 4 is 5.69 Å². The molecule has 3 rings (SSSR count). The molecule has 0 atom stereocenters. The molecule has 1 aliphatic heterocycles. The van der Waals surface area contributed by atoms with Crippen LogP contribution < -0.4 is 4.90 Å². The lowest BCUT2D eigenvalue weighted by Gasteiger charge is -2.36. The van der Waals surface area contributed by atoms with E-state index >= 15 is 0 Å². The zero-order valence-electron chi connectivity index (χ0n) is 14.3. The van der Waals surface area contributed by atoms with Gasteiger partial charge in [-0.2, -0.15) is 4.98 Å². The summed E-state index contributed by atoms with van der Waals surface area (Å²) in [6, 6.07) is 8.75. The Bertz CT molecular complexity index is 629. The molecule has 0 N–H and O–H groups in total. The van der Waals surface area contributed by atoms with Crippen LogP contribution in [0.15, 0.2) is 28.8 Å². The number of benzene rings is 1. The first-order valence-electron chi connectivity index (χ1n) is 8.48. The number of nitrogens with zero attached hydrogens (tertiary/aromatic N) is 4. The fourth-order valence-electron chi connectivity index (χ4n) is 2.91. The van der Waals surface area contributed by atoms with Crippen LogP contribution in [0, 0.1) is 6.92 Å². The molecule has 0 amide bonds. The third-order valence-electron chi connectivity index (χ3n) is 4.38. The van der Waals surface area contributed by atoms with Crippen molar-refractivity contribution in [3.8, 4) is 0 Å². The van der Waals surface area contributed by atoms with Crippen molar-refractivity contribution in [2.45, 2.75) is 33.1 Å². The standard InChI is InChI=1S/C18H26N4O/c1-14(2)18-19-17(23-20-18)7-8-21-9-11-22(12-10-21)16-6-4-5-15(3)13-16/h4-6,13-14H,7-12H2,1-3H3. The Balaban J connectivity index is 1.47. The summed E-state index contributed by atoms with van der Waals surface area (Å²) in [4.78, 5) is 9.39. The van der Waals surface area contributed by atoms with Gasteiger partial charge in [-0.05, 0) is 24.6 Å². The van der Waals surface area contributed by atoms with Crippen LogP contribution in [0.2, 0.25) is 0 Å². The minimum Gasteiger partial charge on any atom is -0.369 e. The molecule has 0 unspecified atom stereocenters. The van der Waals surface area contributed by atoms with Crippen LogP contribution in [0.25, 0.3) is 0 Å². The van der Waals surface area contributed by atoms with Crippen LogP contribution in [0.3, 0.4) is 0 Å². The van der Waals surface area contributed by atoms with Gasteiger partial charge in [-0.1, -0.05) is 31.1 Å². The van der Waals surface area contributed by atoms with Crippen molar-refractivity contribution < 1.29 is 4.52 Å². The average Bonchev–Trinajstić information content (AvgIpc) is 3.03. The second kappa shape index (κ2) is 7.13. The van der Waals surface area contributed by atoms with E-state index < -0.39 is 0 Å². The maximum absolute atomic E-state index is 5.32. The lowest BCUT2D eigenvalue weighted by molar-refractivity contribution is 0.249. The molecule has 0 spiro atoms. The summed E-state index contributed by atoms with van der Waals surface area (Å²) in [6.45, 7) is 11.6. The Kier molecular flexibility index (Phi) is 4.96. The number of rotatable bonds is 5. The van der Waals surface area contributed by atoms with Crippen molar-refractivity contribution in [2.75, 3.05) is 37.6 Å². The molecule has 1 aromatic carbocycles. The molecule has 0 aliphatic carbocycles. The summed E-state index contributed by atoms with van der Waals surface area (Å²) >= 11 is 0. The summed E-state index contributed by atoms with van der Waals surface area (Å²) in [6.07, 6.45) is 0.837. The van der Waals surface area contributed by atoms with Crippen LogP contribution >= 0.6 is 0 Å². The van der Waals surface area contributed by atoms with E-state index in [1.54, 1.807) is 0 Å². The Morgan fingerprint density at radius 3 is 2.61 bits per heavy atom. The molecular formula is C18H26N4O. The molecule has 2 aromatic rings. The molecule has 0 saturated carbocycles. The van der Waals surface area contributed by atoms with E-state index in [2.05, 4.69) is 65.0 Å². The predicted molar refractivity (Wildman–Crippen MR) is 91.9 cm³/mol. The maximum atomic E-state index is 5.32. The monoisotopic (exact) mass is 314 g/mol. The highest BCUT2D eigenvalue weighted by atomic mass is 16.5. The van der Waals surface area contributed by atoms with Gasteiger partial charge in [0.15, 0.2) is 5.82 Å². The fraction of sp³-hybridized carbons (Fsp3) is 0.556. The molecule has 1 saturated heterocycles. The first-order valence-corrected chi connectivity index (χ1v) is 8.48. The molecular weight excluding hydrogens is 288 g/mol. The number of aromatic nitrogens is 2. The minimum atomic E-state index is 0.324. The zero-order valence-corrected chi connectivity index (χ0v) is 14.3. The molecule has 0 bridgehead atoms. The quantitative estimate of drug-likeness (QED) is 0.849. The molecule has 1 fully saturated rings. The average molecular weight is 314 g/mol. The number of hydrogen-bond donors (Lipinski definition) is 0. The zero-order chi connectivity index (χ0) is 16.2. The summed E-state index contributed by atoms with van der Waals surface area (Å²) < 4.78 is 5.32. The highest BCUT2D eigenvalue weighted by molar-refractivity contribution is 5.48. The molecule has 5 heteroatoms. The third-order valence-corrected chi connectivity index (χ3v) is 4.38. The lowest BCUT2D eigenvalue weighted by atomic mass is 10.2. The van der Waals surface area contributed by atoms with Gasteiger partial charge in [0, 0.05) is 50.7 Å². The largest absolute Gasteiger partial charge is 0.369 e. The normalized spacial score (nSPS) is 16.3. The predicted octanol–water partition coefficient (Wildman–Crippen LogP) is 2.87. The van der Waals surface area contributed by atoms with Gasteiger partial charge < -0.3 is 9.42 Å². The van der Waals surface area contributed by atoms with Crippen molar-refractivity contribution in [1.82, 2.24) is 15.0 Å². The Morgan fingerprint density at radius 2 is 1.96 bits per heavy atom. The Hall–Kier alpha value is -1.88. The maximum Gasteiger partial charge on any atom is 0.227 e. The van der Waals surface area contributed by atoms with Crippen LogP contribution in [0.1, 0.15) is 37.0 Å². The highest BCUT2D eigenvalue weighted by Crippen LogP contribution is 2.18. The van der Waals surface area contributed by atoms with Crippen molar-refractivity contribution in [2.24, 2.45) is 0 Å². The van der Waals surface area contributed by atoms with Crippen molar-refractivity contribution in [3.63, 3.8) is 0 Å². The van der Waals surface area contributed by atoms with E-state index in [0.717, 1.165) is 50.9 Å². The van der Waals surface area contributed by atoms with Gasteiger partial charge >= 0.3 is 0 Å². The second-order valence-corrected chi connectivity index (χ2v) is 6.62. The first-order chi connectivity index (χ1) is 11.1. The smallest absolute Gasteiger partial charge is 0.227 e. The Labute approximate surface area is 138 Å². The van der Waals surface area contributed by atoms with Gasteiger partial charge in [-0.15, -0.1) is 0 Å². The summed E-state index contributed by atoms with van der Waals surface area (Å²) in [5, 5.41) is 4.03. The van der Waals surface area contributed by atoms with Gasteiger partial charge in [-0.25, -0.2) is 0 Å². The van der Waals surface area contributed by atoms with E-state index in [-0.39, 0.29) is 0 Å². The van der Waals surface area contributed by atoms with Gasteiger partial charge in [0.05, 0.1) is 0 Å². The molecule has 23 heavy (non-hydrogen) atoms. The Morgan fingerprint density at radius 1 is 1.17 bits per heavy atom. The molecule has 1 aromatic heterocycles. The third kappa shape index (κ3) is 4.10. The number of anilines is 1. The van der Waals surface area contributed by atoms with Crippen LogP contribution in [0.5, 0.6) is 0 Å². The van der Waals surface area contributed by atoms with Gasteiger partial charge in [0.1, 0.15) is 0 Å². The topological polar surface area (TPSA) is 45.4 Å². The molecule has 0 radical (unpaired) electrons. The van der Waals surface area contributed by atoms with Crippen LogP contribution in [-0.4, -0.2) is 47.8 Å². The van der Waals surface area contributed by atoms with E-state index in [9.17, 15) is 0 Å². The van der Waals surface area contributed by atoms with Crippen LogP contribution in [0.4, 0.5) is 5.69 Å². The molecule has 124 valence electrons. The number of aryl methyl sites for hydroxylation is 1. The van der Waals surface area contributed by atoms with E-state index in [0.29, 0.717) is 5.92 Å². The molecule has 5 nitrogen and oxygen atoms in total. The molecule has 1 aliphatic rings. The van der Waals surface area contributed by atoms with Gasteiger partial charge in [-0.3, -0.25) is 4.90 Å². The fourth-order valence-corrected chi connectivity index (χ4v) is 2.91. The van der Waals surface area contributed by atoms with Crippen LogP contribution in [-0.2, 0) is 6.42 Å². The van der Waals surface area contributed by atoms with E-state index in [1.807, 2.05) is 0 Å².